The fourth-order valence-corrected chi connectivity index (χ4v) is 1.84. The number of benzene rings is 1. The largest absolute Gasteiger partial charge is 0.377 e. The second-order valence-corrected chi connectivity index (χ2v) is 4.56. The number of carbonyl (C=O) groups excluding carboxylic acids is 1. The number of anilines is 1. The highest BCUT2D eigenvalue weighted by Gasteiger charge is 2.12. The van der Waals surface area contributed by atoms with Crippen molar-refractivity contribution in [1.82, 2.24) is 0 Å². The van der Waals surface area contributed by atoms with E-state index >= 15 is 0 Å². The first kappa shape index (κ1) is 15.7. The van der Waals surface area contributed by atoms with Crippen LogP contribution in [0, 0.1) is 5.92 Å². The molecule has 1 amide bonds. The van der Waals surface area contributed by atoms with E-state index in [1.807, 2.05) is 38.1 Å². The van der Waals surface area contributed by atoms with Gasteiger partial charge in [-0.25, -0.2) is 0 Å². The van der Waals surface area contributed by atoms with Crippen LogP contribution >= 0.6 is 0 Å². The molecule has 0 aliphatic rings. The van der Waals surface area contributed by atoms with Gasteiger partial charge in [-0.1, -0.05) is 31.5 Å². The van der Waals surface area contributed by atoms with E-state index < -0.39 is 0 Å². The van der Waals surface area contributed by atoms with Gasteiger partial charge in [0.05, 0.1) is 6.61 Å². The summed E-state index contributed by atoms with van der Waals surface area (Å²) in [6, 6.07) is 7.71. The van der Waals surface area contributed by atoms with Gasteiger partial charge < -0.3 is 15.8 Å². The Kier molecular flexibility index (Phi) is 7.15. The van der Waals surface area contributed by atoms with Crippen molar-refractivity contribution in [1.29, 1.82) is 0 Å². The summed E-state index contributed by atoms with van der Waals surface area (Å²) in [5, 5.41) is 2.94. The molecule has 1 unspecified atom stereocenters. The Bertz CT molecular complexity index is 389. The molecule has 0 aliphatic heterocycles. The Balaban J connectivity index is 2.62. The number of hydrogen-bond acceptors (Lipinski definition) is 3. The van der Waals surface area contributed by atoms with Crippen molar-refractivity contribution in [3.8, 4) is 0 Å². The third-order valence-corrected chi connectivity index (χ3v) is 3.14. The van der Waals surface area contributed by atoms with Gasteiger partial charge in [0.2, 0.25) is 5.91 Å². The number of carbonyl (C=O) groups is 1. The Morgan fingerprint density at radius 1 is 1.37 bits per heavy atom. The maximum Gasteiger partial charge on any atom is 0.224 e. The van der Waals surface area contributed by atoms with Gasteiger partial charge in [-0.15, -0.1) is 0 Å². The fourth-order valence-electron chi connectivity index (χ4n) is 1.84. The number of amides is 1. The van der Waals surface area contributed by atoms with Gasteiger partial charge in [-0.05, 0) is 25.5 Å². The van der Waals surface area contributed by atoms with Crippen LogP contribution in [0.1, 0.15) is 32.3 Å². The number of rotatable bonds is 8. The van der Waals surface area contributed by atoms with Crippen LogP contribution < -0.4 is 11.1 Å². The van der Waals surface area contributed by atoms with E-state index in [2.05, 4.69) is 5.32 Å². The van der Waals surface area contributed by atoms with Crippen molar-refractivity contribution in [3.05, 3.63) is 29.8 Å². The minimum atomic E-state index is 0.0150. The van der Waals surface area contributed by atoms with Crippen LogP contribution in [-0.4, -0.2) is 19.1 Å². The maximum atomic E-state index is 12.0. The van der Waals surface area contributed by atoms with Crippen molar-refractivity contribution < 1.29 is 9.53 Å². The first-order chi connectivity index (χ1) is 9.21. The first-order valence-electron chi connectivity index (χ1n) is 6.86. The lowest BCUT2D eigenvalue weighted by Crippen LogP contribution is -2.22. The maximum absolute atomic E-state index is 12.0. The predicted octanol–water partition coefficient (Wildman–Crippen LogP) is 2.54. The number of para-hydroxylation sites is 1. The van der Waals surface area contributed by atoms with Gasteiger partial charge >= 0.3 is 0 Å². The molecule has 0 heterocycles. The zero-order chi connectivity index (χ0) is 14.1. The molecule has 0 aromatic heterocycles. The molecule has 0 fully saturated rings. The normalized spacial score (nSPS) is 12.2. The van der Waals surface area contributed by atoms with Gasteiger partial charge in [0, 0.05) is 24.3 Å². The van der Waals surface area contributed by atoms with Crippen LogP contribution in [0.3, 0.4) is 0 Å². The van der Waals surface area contributed by atoms with Gasteiger partial charge in [-0.3, -0.25) is 4.79 Å². The zero-order valence-corrected chi connectivity index (χ0v) is 11.8. The molecule has 4 heteroatoms. The lowest BCUT2D eigenvalue weighted by atomic mass is 10.0. The molecule has 0 spiro atoms. The van der Waals surface area contributed by atoms with Gasteiger partial charge in [0.1, 0.15) is 0 Å². The molecule has 106 valence electrons. The fraction of sp³-hybridized carbons (Fsp3) is 0.533. The van der Waals surface area contributed by atoms with E-state index in [0.717, 1.165) is 17.7 Å². The minimum Gasteiger partial charge on any atom is -0.377 e. The average Bonchev–Trinajstić information content (AvgIpc) is 2.43. The van der Waals surface area contributed by atoms with Gasteiger partial charge in [0.15, 0.2) is 0 Å². The minimum absolute atomic E-state index is 0.0150. The lowest BCUT2D eigenvalue weighted by molar-refractivity contribution is -0.117. The van der Waals surface area contributed by atoms with Gasteiger partial charge in [0.25, 0.3) is 0 Å². The molecule has 0 aliphatic carbocycles. The van der Waals surface area contributed by atoms with Crippen molar-refractivity contribution in [2.24, 2.45) is 11.7 Å². The summed E-state index contributed by atoms with van der Waals surface area (Å²) >= 11 is 0. The molecule has 1 atom stereocenters. The summed E-state index contributed by atoms with van der Waals surface area (Å²) in [5.74, 6) is 0.264. The van der Waals surface area contributed by atoms with Crippen LogP contribution in [0.25, 0.3) is 0 Å². The van der Waals surface area contributed by atoms with E-state index in [9.17, 15) is 4.79 Å². The number of hydrogen-bond donors (Lipinski definition) is 2. The Morgan fingerprint density at radius 3 is 2.74 bits per heavy atom. The molecule has 0 bridgehead atoms. The number of nitrogens with two attached hydrogens (primary N) is 1. The van der Waals surface area contributed by atoms with E-state index in [1.54, 1.807) is 0 Å². The summed E-state index contributed by atoms with van der Waals surface area (Å²) in [4.78, 5) is 12.0. The first-order valence-corrected chi connectivity index (χ1v) is 6.86. The van der Waals surface area contributed by atoms with Crippen molar-refractivity contribution in [2.45, 2.75) is 33.3 Å². The summed E-state index contributed by atoms with van der Waals surface area (Å²) in [6.07, 6.45) is 1.39. The second kappa shape index (κ2) is 8.67. The van der Waals surface area contributed by atoms with Crippen LogP contribution in [0.15, 0.2) is 24.3 Å². The molecular formula is C15H24N2O2. The third-order valence-electron chi connectivity index (χ3n) is 3.14. The topological polar surface area (TPSA) is 64.3 Å². The Hall–Kier alpha value is -1.39. The van der Waals surface area contributed by atoms with Gasteiger partial charge in [-0.2, -0.15) is 0 Å². The molecule has 1 aromatic carbocycles. The quantitative estimate of drug-likeness (QED) is 0.758. The SMILES string of the molecule is CCOCc1ccccc1NC(=O)CC(CC)CN. The molecule has 0 radical (unpaired) electrons. The molecule has 4 nitrogen and oxygen atoms in total. The molecular weight excluding hydrogens is 240 g/mol. The Labute approximate surface area is 115 Å². The summed E-state index contributed by atoms with van der Waals surface area (Å²) in [7, 11) is 0. The lowest BCUT2D eigenvalue weighted by Gasteiger charge is -2.14. The third kappa shape index (κ3) is 5.41. The van der Waals surface area contributed by atoms with E-state index in [4.69, 9.17) is 10.5 Å². The average molecular weight is 264 g/mol. The van der Waals surface area contributed by atoms with Crippen LogP contribution in [-0.2, 0) is 16.1 Å². The molecule has 19 heavy (non-hydrogen) atoms. The van der Waals surface area contributed by atoms with Crippen molar-refractivity contribution in [3.63, 3.8) is 0 Å². The molecule has 0 saturated heterocycles. The number of ether oxygens (including phenoxy) is 1. The summed E-state index contributed by atoms with van der Waals surface area (Å²) in [6.45, 7) is 5.72. The highest BCUT2D eigenvalue weighted by molar-refractivity contribution is 5.91. The summed E-state index contributed by atoms with van der Waals surface area (Å²) in [5.41, 5.74) is 7.45. The van der Waals surface area contributed by atoms with E-state index in [0.29, 0.717) is 26.2 Å². The zero-order valence-electron chi connectivity index (χ0n) is 11.8. The monoisotopic (exact) mass is 264 g/mol. The molecule has 3 N–H and O–H groups in total. The molecule has 1 rings (SSSR count). The summed E-state index contributed by atoms with van der Waals surface area (Å²) < 4.78 is 5.39. The Morgan fingerprint density at radius 2 is 2.11 bits per heavy atom. The van der Waals surface area contributed by atoms with Crippen molar-refractivity contribution >= 4 is 11.6 Å². The highest BCUT2D eigenvalue weighted by atomic mass is 16.5. The smallest absolute Gasteiger partial charge is 0.224 e. The highest BCUT2D eigenvalue weighted by Crippen LogP contribution is 2.17. The van der Waals surface area contributed by atoms with Crippen LogP contribution in [0.5, 0.6) is 0 Å². The van der Waals surface area contributed by atoms with Crippen LogP contribution in [0.2, 0.25) is 0 Å². The molecule has 0 saturated carbocycles. The van der Waals surface area contributed by atoms with E-state index in [-0.39, 0.29) is 11.8 Å². The number of nitrogens with one attached hydrogen (secondary N) is 1. The standard InChI is InChI=1S/C15H24N2O2/c1-3-12(10-16)9-15(18)17-14-8-6-5-7-13(14)11-19-4-2/h5-8,12H,3-4,9-11,16H2,1-2H3,(H,17,18). The predicted molar refractivity (Wildman–Crippen MR) is 77.9 cm³/mol. The second-order valence-electron chi connectivity index (χ2n) is 4.56. The molecule has 1 aromatic rings. The van der Waals surface area contributed by atoms with Crippen molar-refractivity contribution in [2.75, 3.05) is 18.5 Å². The van der Waals surface area contributed by atoms with Crippen LogP contribution in [0.4, 0.5) is 5.69 Å². The van der Waals surface area contributed by atoms with E-state index in [1.165, 1.54) is 0 Å².